The number of nitrogens with zero attached hydrogens (tertiary/aromatic N) is 1. The van der Waals surface area contributed by atoms with E-state index in [1.807, 2.05) is 23.1 Å². The molecule has 1 aliphatic rings. The van der Waals surface area contributed by atoms with E-state index in [9.17, 15) is 4.79 Å². The lowest BCUT2D eigenvalue weighted by molar-refractivity contribution is -0.133. The fourth-order valence-electron chi connectivity index (χ4n) is 2.79. The molecule has 1 N–H and O–H groups in total. The van der Waals surface area contributed by atoms with Crippen LogP contribution in [-0.4, -0.2) is 29.1 Å². The van der Waals surface area contributed by atoms with Crippen LogP contribution in [0.5, 0.6) is 0 Å². The molecule has 1 aromatic rings. The molecule has 1 fully saturated rings. The van der Waals surface area contributed by atoms with E-state index in [0.717, 1.165) is 6.54 Å². The van der Waals surface area contributed by atoms with Crippen molar-refractivity contribution < 1.29 is 9.90 Å². The lowest BCUT2D eigenvalue weighted by Gasteiger charge is -2.25. The van der Waals surface area contributed by atoms with Crippen LogP contribution < -0.4 is 0 Å². The smallest absolute Gasteiger partial charge is 0.226 e. The average Bonchev–Trinajstić information content (AvgIpc) is 2.67. The highest BCUT2D eigenvalue weighted by Gasteiger charge is 2.39. The first-order valence-electron chi connectivity index (χ1n) is 6.61. The third-order valence-corrected chi connectivity index (χ3v) is 3.96. The van der Waals surface area contributed by atoms with E-state index in [-0.39, 0.29) is 24.5 Å². The number of aliphatic hydroxyl groups is 1. The molecule has 1 heterocycles. The third kappa shape index (κ3) is 2.41. The van der Waals surface area contributed by atoms with Crippen molar-refractivity contribution in [3.63, 3.8) is 0 Å². The van der Waals surface area contributed by atoms with Crippen molar-refractivity contribution in [3.05, 3.63) is 35.9 Å². The first-order valence-corrected chi connectivity index (χ1v) is 6.61. The summed E-state index contributed by atoms with van der Waals surface area (Å²) in [6.07, 6.45) is 0.581. The number of likely N-dealkylation sites (tertiary alicyclic amines) is 1. The Morgan fingerprint density at radius 2 is 2.06 bits per heavy atom. The Labute approximate surface area is 108 Å². The van der Waals surface area contributed by atoms with Crippen LogP contribution in [-0.2, 0) is 4.79 Å². The fourth-order valence-corrected chi connectivity index (χ4v) is 2.79. The topological polar surface area (TPSA) is 40.5 Å². The quantitative estimate of drug-likeness (QED) is 0.886. The van der Waals surface area contributed by atoms with Crippen LogP contribution in [0.4, 0.5) is 0 Å². The molecule has 0 radical (unpaired) electrons. The Hall–Kier alpha value is -1.35. The van der Waals surface area contributed by atoms with Crippen molar-refractivity contribution in [1.82, 2.24) is 4.90 Å². The predicted molar refractivity (Wildman–Crippen MR) is 70.9 cm³/mol. The number of hydrogen-bond donors (Lipinski definition) is 1. The van der Waals surface area contributed by atoms with E-state index < -0.39 is 0 Å². The molecule has 2 rings (SSSR count). The Morgan fingerprint density at radius 1 is 1.39 bits per heavy atom. The minimum Gasteiger partial charge on any atom is -0.396 e. The lowest BCUT2D eigenvalue weighted by Crippen LogP contribution is -2.30. The van der Waals surface area contributed by atoms with Crippen molar-refractivity contribution in [2.24, 2.45) is 11.8 Å². The first kappa shape index (κ1) is 13.1. The molecule has 1 aliphatic heterocycles. The highest BCUT2D eigenvalue weighted by atomic mass is 16.3. The highest BCUT2D eigenvalue weighted by Crippen LogP contribution is 2.33. The number of hydrogen-bond acceptors (Lipinski definition) is 2. The maximum atomic E-state index is 12.3. The molecule has 0 aromatic heterocycles. The number of carbonyl (C=O) groups excluding carboxylic acids is 1. The van der Waals surface area contributed by atoms with Gasteiger partial charge >= 0.3 is 0 Å². The van der Waals surface area contributed by atoms with E-state index in [0.29, 0.717) is 12.3 Å². The molecule has 0 spiro atoms. The van der Waals surface area contributed by atoms with Gasteiger partial charge in [0.1, 0.15) is 0 Å². The van der Waals surface area contributed by atoms with Crippen molar-refractivity contribution in [2.45, 2.75) is 26.3 Å². The normalized spacial score (nSPS) is 25.5. The Balaban J connectivity index is 2.13. The summed E-state index contributed by atoms with van der Waals surface area (Å²) in [5.41, 5.74) is 1.17. The molecule has 98 valence electrons. The first-order chi connectivity index (χ1) is 8.65. The number of aliphatic hydroxyl groups excluding tert-OH is 1. The van der Waals surface area contributed by atoms with Gasteiger partial charge in [-0.2, -0.15) is 0 Å². The molecule has 0 aliphatic carbocycles. The van der Waals surface area contributed by atoms with Crippen LogP contribution in [0.1, 0.15) is 31.9 Å². The number of rotatable bonds is 4. The zero-order valence-electron chi connectivity index (χ0n) is 11.0. The van der Waals surface area contributed by atoms with Crippen molar-refractivity contribution in [1.29, 1.82) is 0 Å². The molecule has 18 heavy (non-hydrogen) atoms. The summed E-state index contributed by atoms with van der Waals surface area (Å²) in [6, 6.07) is 10.2. The summed E-state index contributed by atoms with van der Waals surface area (Å²) < 4.78 is 0. The molecule has 3 nitrogen and oxygen atoms in total. The van der Waals surface area contributed by atoms with Gasteiger partial charge in [0.15, 0.2) is 0 Å². The second-order valence-corrected chi connectivity index (χ2v) is 5.17. The van der Waals surface area contributed by atoms with Crippen LogP contribution in [0.2, 0.25) is 0 Å². The maximum Gasteiger partial charge on any atom is 0.226 e. The summed E-state index contributed by atoms with van der Waals surface area (Å²) in [6.45, 7) is 5.05. The maximum absolute atomic E-state index is 12.3. The number of carbonyl (C=O) groups is 1. The van der Waals surface area contributed by atoms with Gasteiger partial charge in [-0.3, -0.25) is 4.79 Å². The summed E-state index contributed by atoms with van der Waals surface area (Å²) in [4.78, 5) is 14.3. The zero-order chi connectivity index (χ0) is 13.1. The fraction of sp³-hybridized carbons (Fsp3) is 0.533. The van der Waals surface area contributed by atoms with Gasteiger partial charge in [-0.15, -0.1) is 0 Å². The molecular formula is C15H21NO2. The van der Waals surface area contributed by atoms with Crippen molar-refractivity contribution in [2.75, 3.05) is 13.2 Å². The largest absolute Gasteiger partial charge is 0.396 e. The molecule has 0 saturated carbocycles. The van der Waals surface area contributed by atoms with Crippen LogP contribution >= 0.6 is 0 Å². The van der Waals surface area contributed by atoms with E-state index in [4.69, 9.17) is 5.11 Å². The minimum atomic E-state index is -0.0128. The van der Waals surface area contributed by atoms with Crippen LogP contribution in [0.15, 0.2) is 30.3 Å². The summed E-state index contributed by atoms with van der Waals surface area (Å²) in [5.74, 6) is 0.505. The van der Waals surface area contributed by atoms with Gasteiger partial charge in [0.2, 0.25) is 5.91 Å². The monoisotopic (exact) mass is 247 g/mol. The SMILES string of the molecule is CC1CN(C(C)c2ccccc2)C(=O)C1CCO. The number of amides is 1. The van der Waals surface area contributed by atoms with Gasteiger partial charge in [-0.25, -0.2) is 0 Å². The van der Waals surface area contributed by atoms with Crippen molar-refractivity contribution >= 4 is 5.91 Å². The summed E-state index contributed by atoms with van der Waals surface area (Å²) in [7, 11) is 0. The van der Waals surface area contributed by atoms with E-state index in [2.05, 4.69) is 26.0 Å². The van der Waals surface area contributed by atoms with Gasteiger partial charge in [-0.05, 0) is 24.8 Å². The van der Waals surface area contributed by atoms with E-state index in [1.54, 1.807) is 0 Å². The molecule has 3 heteroatoms. The zero-order valence-corrected chi connectivity index (χ0v) is 11.0. The van der Waals surface area contributed by atoms with Gasteiger partial charge < -0.3 is 10.0 Å². The second-order valence-electron chi connectivity index (χ2n) is 5.17. The van der Waals surface area contributed by atoms with Gasteiger partial charge in [-0.1, -0.05) is 37.3 Å². The highest BCUT2D eigenvalue weighted by molar-refractivity contribution is 5.81. The predicted octanol–water partition coefficient (Wildman–Crippen LogP) is 2.22. The summed E-state index contributed by atoms with van der Waals surface area (Å²) in [5, 5.41) is 9.03. The Morgan fingerprint density at radius 3 is 2.67 bits per heavy atom. The van der Waals surface area contributed by atoms with Crippen molar-refractivity contribution in [3.8, 4) is 0 Å². The van der Waals surface area contributed by atoms with Gasteiger partial charge in [0, 0.05) is 19.1 Å². The summed E-state index contributed by atoms with van der Waals surface area (Å²) >= 11 is 0. The Kier molecular flexibility index (Phi) is 4.02. The van der Waals surface area contributed by atoms with Crippen LogP contribution in [0.25, 0.3) is 0 Å². The molecule has 1 amide bonds. The molecule has 3 unspecified atom stereocenters. The van der Waals surface area contributed by atoms with Gasteiger partial charge in [0.05, 0.1) is 6.04 Å². The van der Waals surface area contributed by atoms with E-state index in [1.165, 1.54) is 5.56 Å². The molecule has 1 saturated heterocycles. The molecular weight excluding hydrogens is 226 g/mol. The molecule has 3 atom stereocenters. The van der Waals surface area contributed by atoms with Gasteiger partial charge in [0.25, 0.3) is 0 Å². The third-order valence-electron chi connectivity index (χ3n) is 3.96. The minimum absolute atomic E-state index is 0.0128. The molecule has 1 aromatic carbocycles. The second kappa shape index (κ2) is 5.53. The van der Waals surface area contributed by atoms with Crippen LogP contribution in [0, 0.1) is 11.8 Å². The lowest BCUT2D eigenvalue weighted by atomic mass is 9.95. The Bertz CT molecular complexity index is 404. The van der Waals surface area contributed by atoms with E-state index >= 15 is 0 Å². The molecule has 0 bridgehead atoms. The van der Waals surface area contributed by atoms with Crippen LogP contribution in [0.3, 0.4) is 0 Å². The average molecular weight is 247 g/mol. The standard InChI is InChI=1S/C15H21NO2/c1-11-10-16(15(18)14(11)8-9-17)12(2)13-6-4-3-5-7-13/h3-7,11-12,14,17H,8-10H2,1-2H3. The number of benzene rings is 1.